The van der Waals surface area contributed by atoms with E-state index in [1.54, 1.807) is 13.8 Å². The molecule has 0 amide bonds. The minimum atomic E-state index is -6.79. The van der Waals surface area contributed by atoms with E-state index in [9.17, 15) is 54.1 Å². The van der Waals surface area contributed by atoms with Crippen LogP contribution in [0.1, 0.15) is 78.6 Å². The maximum Gasteiger partial charge on any atom is 0.432 e. The van der Waals surface area contributed by atoms with Crippen molar-refractivity contribution in [2.45, 2.75) is 96.1 Å². The SMILES string of the molecule is C[C@H](CCC(=O)OC(C(F)(F)F)C(F)(F)S(=O)(=O)[O-])[C@H]1CC[C@H]2[C@@H]3C(=O)C[C@@H]4CC(=O)CC[C@]4(C)[C@H]3CC(=O)[C@]12C. The van der Waals surface area contributed by atoms with E-state index in [0.717, 1.165) is 0 Å². The molecule has 0 aromatic rings. The number of alkyl halides is 5. The monoisotopic (exact) mass is 613 g/mol. The van der Waals surface area contributed by atoms with Crippen molar-refractivity contribution in [3.63, 3.8) is 0 Å². The van der Waals surface area contributed by atoms with Crippen LogP contribution in [-0.4, -0.2) is 53.8 Å². The normalized spacial score (nSPS) is 37.6. The molecule has 0 N–H and O–H groups in total. The summed E-state index contributed by atoms with van der Waals surface area (Å²) >= 11 is 0. The summed E-state index contributed by atoms with van der Waals surface area (Å²) in [5.41, 5.74) is -1.25. The van der Waals surface area contributed by atoms with E-state index in [0.29, 0.717) is 32.1 Å². The number of ketones is 3. The lowest BCUT2D eigenvalue weighted by Crippen LogP contribution is -2.60. The zero-order valence-electron chi connectivity index (χ0n) is 23.0. The zero-order valence-corrected chi connectivity index (χ0v) is 23.8. The van der Waals surface area contributed by atoms with E-state index >= 15 is 0 Å². The minimum Gasteiger partial charge on any atom is -0.743 e. The van der Waals surface area contributed by atoms with Gasteiger partial charge in [-0.2, -0.15) is 22.0 Å². The Morgan fingerprint density at radius 2 is 1.68 bits per heavy atom. The van der Waals surface area contributed by atoms with Crippen LogP contribution in [0.3, 0.4) is 0 Å². The van der Waals surface area contributed by atoms with E-state index in [-0.39, 0.29) is 71.6 Å². The van der Waals surface area contributed by atoms with Crippen LogP contribution in [0.4, 0.5) is 22.0 Å². The molecule has 1 unspecified atom stereocenters. The molecule has 0 saturated heterocycles. The Morgan fingerprint density at radius 1 is 1.05 bits per heavy atom. The highest BCUT2D eigenvalue weighted by Gasteiger charge is 2.66. The van der Waals surface area contributed by atoms with Crippen LogP contribution in [0, 0.1) is 46.3 Å². The molecule has 4 fully saturated rings. The second-order valence-corrected chi connectivity index (χ2v) is 14.3. The van der Waals surface area contributed by atoms with Gasteiger partial charge in [-0.1, -0.05) is 20.8 Å². The average Bonchev–Trinajstić information content (AvgIpc) is 3.19. The van der Waals surface area contributed by atoms with Crippen molar-refractivity contribution in [3.05, 3.63) is 0 Å². The summed E-state index contributed by atoms with van der Waals surface area (Å²) in [4.78, 5) is 51.5. The third-order valence-corrected chi connectivity index (χ3v) is 11.8. The van der Waals surface area contributed by atoms with Gasteiger partial charge in [0.15, 0.2) is 10.1 Å². The summed E-state index contributed by atoms with van der Waals surface area (Å²) < 4.78 is 103. The summed E-state index contributed by atoms with van der Waals surface area (Å²) in [6, 6.07) is 0. The summed E-state index contributed by atoms with van der Waals surface area (Å²) in [6.07, 6.45) is -8.53. The minimum absolute atomic E-state index is 0.0373. The van der Waals surface area contributed by atoms with E-state index in [4.69, 9.17) is 0 Å². The summed E-state index contributed by atoms with van der Waals surface area (Å²) in [5, 5.41) is -5.92. The molecular weight excluding hydrogens is 579 g/mol. The Kier molecular flexibility index (Phi) is 8.06. The van der Waals surface area contributed by atoms with Crippen molar-refractivity contribution in [2.75, 3.05) is 0 Å². The van der Waals surface area contributed by atoms with Gasteiger partial charge in [0, 0.05) is 43.4 Å². The van der Waals surface area contributed by atoms with Crippen molar-refractivity contribution >= 4 is 33.4 Å². The third-order valence-electron chi connectivity index (χ3n) is 10.9. The van der Waals surface area contributed by atoms with Gasteiger partial charge in [0.25, 0.3) is 6.10 Å². The summed E-state index contributed by atoms with van der Waals surface area (Å²) in [6.45, 7) is 5.53. The predicted molar refractivity (Wildman–Crippen MR) is 130 cm³/mol. The quantitative estimate of drug-likeness (QED) is 0.231. The molecule has 0 aromatic heterocycles. The van der Waals surface area contributed by atoms with E-state index < -0.39 is 51.4 Å². The smallest absolute Gasteiger partial charge is 0.432 e. The molecule has 4 saturated carbocycles. The highest BCUT2D eigenvalue weighted by Crippen LogP contribution is 2.66. The molecule has 0 radical (unpaired) electrons. The Labute approximate surface area is 234 Å². The van der Waals surface area contributed by atoms with Crippen LogP contribution in [0.15, 0.2) is 0 Å². The maximum absolute atomic E-state index is 13.8. The van der Waals surface area contributed by atoms with Gasteiger partial charge in [-0.25, -0.2) is 8.42 Å². The number of Topliss-reactive ketones (excluding diaryl/α,β-unsaturated/α-hetero) is 3. The standard InChI is InChI=1S/C27H35F5O8S/c1-13(4-7-21(36)40-23(26(28,29)30)27(31,32)41(37,38)39)16-5-6-17-22-18(12-20(35)25(16,17)3)24(2)9-8-15(33)10-14(24)11-19(22)34/h13-14,16-18,22-23H,4-12H2,1-3H3,(H,37,38,39)/p-1/t13-,14+,16-,17+,18+,22+,23?,24+,25-/m1/s1. The number of halogens is 5. The molecule has 0 spiro atoms. The molecule has 14 heteroatoms. The number of hydrogen-bond acceptors (Lipinski definition) is 8. The topological polar surface area (TPSA) is 135 Å². The van der Waals surface area contributed by atoms with E-state index in [1.807, 2.05) is 0 Å². The fourth-order valence-corrected chi connectivity index (χ4v) is 9.03. The van der Waals surface area contributed by atoms with Crippen LogP contribution in [0.5, 0.6) is 0 Å². The van der Waals surface area contributed by atoms with Crippen LogP contribution in [-0.2, 0) is 34.0 Å². The predicted octanol–water partition coefficient (Wildman–Crippen LogP) is 4.60. The number of ether oxygens (including phenoxy) is 1. The lowest BCUT2D eigenvalue weighted by molar-refractivity contribution is -0.259. The van der Waals surface area contributed by atoms with Crippen molar-refractivity contribution in [1.29, 1.82) is 0 Å². The van der Waals surface area contributed by atoms with Gasteiger partial charge in [-0.15, -0.1) is 0 Å². The highest BCUT2D eigenvalue weighted by molar-refractivity contribution is 7.86. The first kappa shape index (κ1) is 32.0. The molecule has 8 nitrogen and oxygen atoms in total. The van der Waals surface area contributed by atoms with Gasteiger partial charge < -0.3 is 9.29 Å². The Hall–Kier alpha value is -1.96. The number of carbonyl (C=O) groups excluding carboxylic acids is 4. The Balaban J connectivity index is 1.47. The number of carbonyl (C=O) groups is 4. The number of fused-ring (bicyclic) bond motifs is 5. The zero-order chi connectivity index (χ0) is 30.9. The van der Waals surface area contributed by atoms with Crippen molar-refractivity contribution in [2.24, 2.45) is 46.3 Å². The molecule has 232 valence electrons. The van der Waals surface area contributed by atoms with Gasteiger partial charge >= 0.3 is 17.4 Å². The second kappa shape index (κ2) is 10.3. The van der Waals surface area contributed by atoms with Crippen LogP contribution in [0.2, 0.25) is 0 Å². The molecular formula is C27H34F5O8S-. The number of esters is 1. The first-order valence-corrected chi connectivity index (χ1v) is 15.2. The van der Waals surface area contributed by atoms with Gasteiger partial charge in [0.05, 0.1) is 0 Å². The van der Waals surface area contributed by atoms with Gasteiger partial charge in [0.1, 0.15) is 17.3 Å². The fourth-order valence-electron chi connectivity index (χ4n) is 8.58. The highest BCUT2D eigenvalue weighted by atomic mass is 32.2. The largest absolute Gasteiger partial charge is 0.743 e. The molecule has 4 aliphatic carbocycles. The van der Waals surface area contributed by atoms with Crippen molar-refractivity contribution < 1.29 is 58.8 Å². The molecule has 0 aromatic carbocycles. The van der Waals surface area contributed by atoms with Crippen molar-refractivity contribution in [1.82, 2.24) is 0 Å². The lowest BCUT2D eigenvalue weighted by Gasteiger charge is -2.58. The van der Waals surface area contributed by atoms with E-state index in [2.05, 4.69) is 11.7 Å². The Morgan fingerprint density at radius 3 is 2.27 bits per heavy atom. The summed E-state index contributed by atoms with van der Waals surface area (Å²) in [5.74, 6) is -3.35. The first-order chi connectivity index (χ1) is 18.7. The molecule has 41 heavy (non-hydrogen) atoms. The Bertz CT molecular complexity index is 1230. The molecule has 4 rings (SSSR count). The molecule has 0 aliphatic heterocycles. The first-order valence-electron chi connectivity index (χ1n) is 13.8. The lowest BCUT2D eigenvalue weighted by atomic mass is 9.44. The van der Waals surface area contributed by atoms with Gasteiger partial charge in [-0.3, -0.25) is 19.2 Å². The fraction of sp³-hybridized carbons (Fsp3) is 0.852. The van der Waals surface area contributed by atoms with Crippen molar-refractivity contribution in [3.8, 4) is 0 Å². The van der Waals surface area contributed by atoms with Crippen LogP contribution < -0.4 is 0 Å². The van der Waals surface area contributed by atoms with Gasteiger partial charge in [-0.05, 0) is 60.7 Å². The molecule has 4 aliphatic rings. The summed E-state index contributed by atoms with van der Waals surface area (Å²) in [7, 11) is -6.79. The molecule has 9 atom stereocenters. The van der Waals surface area contributed by atoms with Crippen LogP contribution >= 0.6 is 0 Å². The molecule has 0 heterocycles. The maximum atomic E-state index is 13.8. The van der Waals surface area contributed by atoms with E-state index in [1.165, 1.54) is 0 Å². The average molecular weight is 614 g/mol. The van der Waals surface area contributed by atoms with Gasteiger partial charge in [0.2, 0.25) is 0 Å². The third kappa shape index (κ3) is 5.25. The van der Waals surface area contributed by atoms with Crippen LogP contribution in [0.25, 0.3) is 0 Å². The number of hydrogen-bond donors (Lipinski definition) is 0. The number of rotatable bonds is 7. The second-order valence-electron chi connectivity index (χ2n) is 12.9. The molecule has 0 bridgehead atoms.